The molecule has 2 nitrogen and oxygen atoms in total. The van der Waals surface area contributed by atoms with Gasteiger partial charge in [0, 0.05) is 0 Å². The molecule has 0 heterocycles. The van der Waals surface area contributed by atoms with Crippen LogP contribution in [0, 0.1) is 0 Å². The highest BCUT2D eigenvalue weighted by Crippen LogP contribution is 2.04. The Balaban J connectivity index is 3.01. The summed E-state index contributed by atoms with van der Waals surface area (Å²) in [6.45, 7) is 9.33. The first-order valence-electron chi connectivity index (χ1n) is 4.87. The molecule has 0 aromatic carbocycles. The van der Waals surface area contributed by atoms with Crippen LogP contribution in [0.4, 0.5) is 0 Å². The number of unbranched alkanes of at least 4 members (excludes halogenated alkanes) is 3. The summed E-state index contributed by atoms with van der Waals surface area (Å²) < 4.78 is 5.25. The predicted octanol–water partition coefficient (Wildman–Crippen LogP) is 3.35. The molecular formula is C9H22O2Si. The summed E-state index contributed by atoms with van der Waals surface area (Å²) in [6.07, 6.45) is 4.95. The second-order valence-electron chi connectivity index (χ2n) is 4.08. The number of hydrogen-bond donors (Lipinski definition) is 0. The first kappa shape index (κ1) is 12.1. The van der Waals surface area contributed by atoms with Crippen LogP contribution in [-0.2, 0) is 9.46 Å². The number of hydrogen-bond acceptors (Lipinski definition) is 2. The van der Waals surface area contributed by atoms with Crippen molar-refractivity contribution in [3.8, 4) is 0 Å². The fourth-order valence-electron chi connectivity index (χ4n) is 0.806. The van der Waals surface area contributed by atoms with Gasteiger partial charge in [-0.3, -0.25) is 4.58 Å². The topological polar surface area (TPSA) is 18.5 Å². The van der Waals surface area contributed by atoms with Crippen LogP contribution in [0.5, 0.6) is 0 Å². The maximum Gasteiger partial charge on any atom is 0.230 e. The van der Waals surface area contributed by atoms with Gasteiger partial charge < -0.3 is 0 Å². The van der Waals surface area contributed by atoms with Gasteiger partial charge in [0.05, 0.1) is 6.61 Å². The zero-order valence-corrected chi connectivity index (χ0v) is 9.85. The van der Waals surface area contributed by atoms with Crippen LogP contribution < -0.4 is 0 Å². The standard InChI is InChI=1S/C9H22O2Si/c1-5-6-7-8-9-10-11-12(2,3)4/h5-9H2,1-4H3. The summed E-state index contributed by atoms with van der Waals surface area (Å²) in [5, 5.41) is 0. The maximum atomic E-state index is 5.25. The molecule has 0 bridgehead atoms. The van der Waals surface area contributed by atoms with Crippen molar-refractivity contribution in [3.05, 3.63) is 0 Å². The lowest BCUT2D eigenvalue weighted by atomic mass is 10.2. The van der Waals surface area contributed by atoms with Gasteiger partial charge in [-0.25, -0.2) is 4.89 Å². The van der Waals surface area contributed by atoms with E-state index in [1.54, 1.807) is 0 Å². The summed E-state index contributed by atoms with van der Waals surface area (Å²) in [5.41, 5.74) is 0. The van der Waals surface area contributed by atoms with Gasteiger partial charge in [0.15, 0.2) is 0 Å². The largest absolute Gasteiger partial charge is 0.287 e. The van der Waals surface area contributed by atoms with Crippen LogP contribution in [0.25, 0.3) is 0 Å². The molecule has 0 spiro atoms. The van der Waals surface area contributed by atoms with Crippen molar-refractivity contribution in [3.63, 3.8) is 0 Å². The summed E-state index contributed by atoms with van der Waals surface area (Å²) in [6, 6.07) is 0. The van der Waals surface area contributed by atoms with Crippen molar-refractivity contribution in [2.24, 2.45) is 0 Å². The normalized spacial score (nSPS) is 12.0. The zero-order chi connectivity index (χ0) is 9.45. The van der Waals surface area contributed by atoms with E-state index < -0.39 is 8.32 Å². The molecule has 0 saturated heterocycles. The van der Waals surface area contributed by atoms with Crippen LogP contribution in [0.3, 0.4) is 0 Å². The molecule has 0 aliphatic heterocycles. The maximum absolute atomic E-state index is 5.25. The molecule has 0 atom stereocenters. The number of rotatable bonds is 7. The van der Waals surface area contributed by atoms with Gasteiger partial charge in [-0.2, -0.15) is 0 Å². The average Bonchev–Trinajstić information content (AvgIpc) is 1.94. The second kappa shape index (κ2) is 6.63. The van der Waals surface area contributed by atoms with Crippen molar-refractivity contribution < 1.29 is 9.46 Å². The van der Waals surface area contributed by atoms with E-state index in [1.165, 1.54) is 19.3 Å². The van der Waals surface area contributed by atoms with Gasteiger partial charge in [0.1, 0.15) is 0 Å². The Hall–Kier alpha value is 0.137. The Bertz CT molecular complexity index is 99.2. The highest BCUT2D eigenvalue weighted by molar-refractivity contribution is 6.69. The Morgan fingerprint density at radius 1 is 1.00 bits per heavy atom. The van der Waals surface area contributed by atoms with Crippen molar-refractivity contribution in [1.82, 2.24) is 0 Å². The lowest BCUT2D eigenvalue weighted by Gasteiger charge is -2.15. The molecule has 0 aliphatic carbocycles. The molecule has 0 rings (SSSR count). The summed E-state index contributed by atoms with van der Waals surface area (Å²) in [5.74, 6) is 0. The third-order valence-electron chi connectivity index (χ3n) is 1.39. The molecule has 0 aromatic rings. The summed E-state index contributed by atoms with van der Waals surface area (Å²) in [7, 11) is -1.45. The first-order valence-corrected chi connectivity index (χ1v) is 8.27. The molecule has 0 amide bonds. The Morgan fingerprint density at radius 2 is 1.67 bits per heavy atom. The molecule has 12 heavy (non-hydrogen) atoms. The minimum atomic E-state index is -1.45. The highest BCUT2D eigenvalue weighted by Gasteiger charge is 2.15. The molecular weight excluding hydrogens is 168 g/mol. The first-order chi connectivity index (χ1) is 5.56. The third-order valence-corrected chi connectivity index (χ3v) is 2.01. The van der Waals surface area contributed by atoms with Gasteiger partial charge in [-0.1, -0.05) is 26.2 Å². The fourth-order valence-corrected chi connectivity index (χ4v) is 1.24. The smallest absolute Gasteiger partial charge is 0.230 e. The fraction of sp³-hybridized carbons (Fsp3) is 1.00. The molecule has 3 heteroatoms. The third kappa shape index (κ3) is 10.1. The van der Waals surface area contributed by atoms with Gasteiger partial charge in [-0.05, 0) is 26.1 Å². The van der Waals surface area contributed by atoms with Crippen molar-refractivity contribution in [1.29, 1.82) is 0 Å². The van der Waals surface area contributed by atoms with E-state index in [2.05, 4.69) is 26.6 Å². The van der Waals surface area contributed by atoms with E-state index in [1.807, 2.05) is 0 Å². The molecule has 0 N–H and O–H groups in total. The molecule has 0 aliphatic rings. The van der Waals surface area contributed by atoms with Gasteiger partial charge in [0.25, 0.3) is 0 Å². The van der Waals surface area contributed by atoms with Gasteiger partial charge >= 0.3 is 0 Å². The van der Waals surface area contributed by atoms with E-state index in [-0.39, 0.29) is 0 Å². The quantitative estimate of drug-likeness (QED) is 0.265. The van der Waals surface area contributed by atoms with E-state index in [9.17, 15) is 0 Å². The summed E-state index contributed by atoms with van der Waals surface area (Å²) in [4.78, 5) is 5.11. The SMILES string of the molecule is CCCCCCOO[Si](C)(C)C. The second-order valence-corrected chi connectivity index (χ2v) is 8.47. The zero-order valence-electron chi connectivity index (χ0n) is 8.85. The van der Waals surface area contributed by atoms with E-state index in [0.29, 0.717) is 0 Å². The van der Waals surface area contributed by atoms with E-state index in [4.69, 9.17) is 9.46 Å². The van der Waals surface area contributed by atoms with Crippen LogP contribution in [-0.4, -0.2) is 14.9 Å². The molecule has 0 aromatic heterocycles. The van der Waals surface area contributed by atoms with Gasteiger partial charge in [0.2, 0.25) is 8.32 Å². The Labute approximate surface area is 77.3 Å². The lowest BCUT2D eigenvalue weighted by molar-refractivity contribution is -0.218. The highest BCUT2D eigenvalue weighted by atomic mass is 28.4. The van der Waals surface area contributed by atoms with E-state index in [0.717, 1.165) is 13.0 Å². The van der Waals surface area contributed by atoms with Gasteiger partial charge in [-0.15, -0.1) is 0 Å². The Kier molecular flexibility index (Phi) is 6.71. The lowest BCUT2D eigenvalue weighted by Crippen LogP contribution is -2.25. The minimum absolute atomic E-state index is 0.754. The van der Waals surface area contributed by atoms with Crippen LogP contribution in [0.1, 0.15) is 32.6 Å². The monoisotopic (exact) mass is 190 g/mol. The predicted molar refractivity (Wildman–Crippen MR) is 54.5 cm³/mol. The van der Waals surface area contributed by atoms with Crippen molar-refractivity contribution in [2.75, 3.05) is 6.61 Å². The van der Waals surface area contributed by atoms with E-state index >= 15 is 0 Å². The van der Waals surface area contributed by atoms with Crippen molar-refractivity contribution in [2.45, 2.75) is 52.2 Å². The molecule has 0 unspecified atom stereocenters. The molecule has 0 fully saturated rings. The van der Waals surface area contributed by atoms with Crippen LogP contribution in [0.2, 0.25) is 19.6 Å². The summed E-state index contributed by atoms with van der Waals surface area (Å²) >= 11 is 0. The average molecular weight is 190 g/mol. The Morgan fingerprint density at radius 3 is 2.17 bits per heavy atom. The van der Waals surface area contributed by atoms with Crippen molar-refractivity contribution >= 4 is 8.32 Å². The van der Waals surface area contributed by atoms with Crippen LogP contribution >= 0.6 is 0 Å². The molecule has 0 radical (unpaired) electrons. The molecule has 74 valence electrons. The minimum Gasteiger partial charge on any atom is -0.287 e. The van der Waals surface area contributed by atoms with Crippen LogP contribution in [0.15, 0.2) is 0 Å². The molecule has 0 saturated carbocycles.